The Hall–Kier alpha value is -1.10. The van der Waals surface area contributed by atoms with E-state index < -0.39 is 11.7 Å². The molecular formula is C10H10F2O2S. The van der Waals surface area contributed by atoms with E-state index in [9.17, 15) is 13.6 Å². The first kappa shape index (κ1) is 12.0. The lowest BCUT2D eigenvalue weighted by molar-refractivity contribution is -0.136. The van der Waals surface area contributed by atoms with Crippen molar-refractivity contribution in [3.8, 4) is 0 Å². The molecule has 1 rings (SSSR count). The van der Waals surface area contributed by atoms with Gasteiger partial charge in [0.2, 0.25) is 0 Å². The van der Waals surface area contributed by atoms with Crippen molar-refractivity contribution < 1.29 is 18.7 Å². The third-order valence-corrected chi connectivity index (χ3v) is 2.46. The Bertz CT molecular complexity index is 342. The van der Waals surface area contributed by atoms with E-state index in [0.717, 1.165) is 5.56 Å². The van der Waals surface area contributed by atoms with Crippen molar-refractivity contribution in [1.29, 1.82) is 0 Å². The number of benzene rings is 1. The van der Waals surface area contributed by atoms with E-state index >= 15 is 0 Å². The van der Waals surface area contributed by atoms with Gasteiger partial charge >= 0.3 is 5.97 Å². The summed E-state index contributed by atoms with van der Waals surface area (Å²) in [5, 5.41) is 8.46. The Balaban J connectivity index is 2.61. The molecular weight excluding hydrogens is 222 g/mol. The first-order valence-corrected chi connectivity index (χ1v) is 5.21. The molecule has 1 aromatic carbocycles. The molecule has 0 aliphatic carbocycles. The van der Waals surface area contributed by atoms with E-state index in [1.807, 2.05) is 0 Å². The molecule has 0 heterocycles. The summed E-state index contributed by atoms with van der Waals surface area (Å²) in [6.07, 6.45) is 0.385. The Kier molecular flexibility index (Phi) is 4.55. The number of hydrogen-bond donors (Lipinski definition) is 1. The molecule has 15 heavy (non-hydrogen) atoms. The SMILES string of the molecule is O=C(O)CCc1cccc(SC(F)F)c1. The molecule has 5 heteroatoms. The van der Waals surface area contributed by atoms with E-state index in [4.69, 9.17) is 5.11 Å². The van der Waals surface area contributed by atoms with Crippen LogP contribution in [0.15, 0.2) is 29.2 Å². The molecule has 0 fully saturated rings. The number of hydrogen-bond acceptors (Lipinski definition) is 2. The van der Waals surface area contributed by atoms with Crippen LogP contribution < -0.4 is 0 Å². The van der Waals surface area contributed by atoms with Crippen LogP contribution in [0.3, 0.4) is 0 Å². The van der Waals surface area contributed by atoms with Gasteiger partial charge in [0.15, 0.2) is 0 Å². The summed E-state index contributed by atoms with van der Waals surface area (Å²) in [6.45, 7) is 0. The zero-order valence-corrected chi connectivity index (χ0v) is 8.64. The lowest BCUT2D eigenvalue weighted by atomic mass is 10.1. The molecule has 0 aliphatic rings. The maximum atomic E-state index is 12.0. The van der Waals surface area contributed by atoms with Crippen molar-refractivity contribution in [3.63, 3.8) is 0 Å². The number of aliphatic carboxylic acids is 1. The monoisotopic (exact) mass is 232 g/mol. The zero-order chi connectivity index (χ0) is 11.3. The summed E-state index contributed by atoms with van der Waals surface area (Å²) in [4.78, 5) is 10.8. The van der Waals surface area contributed by atoms with Crippen LogP contribution in [0.1, 0.15) is 12.0 Å². The highest BCUT2D eigenvalue weighted by atomic mass is 32.2. The number of rotatable bonds is 5. The molecule has 2 nitrogen and oxygen atoms in total. The molecule has 0 saturated heterocycles. The Labute approximate surface area is 90.3 Å². The molecule has 0 spiro atoms. The lowest BCUT2D eigenvalue weighted by Gasteiger charge is -2.03. The number of thioether (sulfide) groups is 1. The minimum Gasteiger partial charge on any atom is -0.481 e. The quantitative estimate of drug-likeness (QED) is 0.793. The first-order chi connectivity index (χ1) is 7.08. The molecule has 0 unspecified atom stereocenters. The average Bonchev–Trinajstić information content (AvgIpc) is 2.14. The van der Waals surface area contributed by atoms with E-state index in [-0.39, 0.29) is 6.42 Å². The van der Waals surface area contributed by atoms with Crippen LogP contribution in [0.4, 0.5) is 8.78 Å². The molecule has 0 aromatic heterocycles. The predicted molar refractivity (Wildman–Crippen MR) is 54.3 cm³/mol. The maximum Gasteiger partial charge on any atom is 0.303 e. The zero-order valence-electron chi connectivity index (χ0n) is 7.82. The number of halogens is 2. The fourth-order valence-electron chi connectivity index (χ4n) is 1.13. The lowest BCUT2D eigenvalue weighted by Crippen LogP contribution is -1.97. The van der Waals surface area contributed by atoms with Crippen molar-refractivity contribution in [1.82, 2.24) is 0 Å². The molecule has 1 aromatic rings. The van der Waals surface area contributed by atoms with E-state index in [0.29, 0.717) is 23.1 Å². The van der Waals surface area contributed by atoms with Gasteiger partial charge in [0.05, 0.1) is 0 Å². The Morgan fingerprint density at radius 1 is 1.47 bits per heavy atom. The van der Waals surface area contributed by atoms with E-state index in [1.54, 1.807) is 24.3 Å². The normalized spacial score (nSPS) is 10.6. The summed E-state index contributed by atoms with van der Waals surface area (Å²) in [5.74, 6) is -3.33. The largest absolute Gasteiger partial charge is 0.481 e. The van der Waals surface area contributed by atoms with Crippen LogP contribution in [-0.4, -0.2) is 16.8 Å². The number of carbonyl (C=O) groups is 1. The van der Waals surface area contributed by atoms with Gasteiger partial charge in [-0.3, -0.25) is 4.79 Å². The van der Waals surface area contributed by atoms with Crippen LogP contribution in [0.2, 0.25) is 0 Å². The fourth-order valence-corrected chi connectivity index (χ4v) is 1.71. The third kappa shape index (κ3) is 4.78. The van der Waals surface area contributed by atoms with Gasteiger partial charge in [-0.2, -0.15) is 8.78 Å². The smallest absolute Gasteiger partial charge is 0.303 e. The van der Waals surface area contributed by atoms with Gasteiger partial charge in [0.25, 0.3) is 5.76 Å². The molecule has 0 amide bonds. The predicted octanol–water partition coefficient (Wildman–Crippen LogP) is 3.02. The Morgan fingerprint density at radius 3 is 2.80 bits per heavy atom. The van der Waals surface area contributed by atoms with E-state index in [1.165, 1.54) is 0 Å². The highest BCUT2D eigenvalue weighted by molar-refractivity contribution is 7.99. The Morgan fingerprint density at radius 2 is 2.20 bits per heavy atom. The second kappa shape index (κ2) is 5.70. The van der Waals surface area contributed by atoms with Crippen LogP contribution in [0, 0.1) is 0 Å². The van der Waals surface area contributed by atoms with Crippen molar-refractivity contribution in [2.24, 2.45) is 0 Å². The van der Waals surface area contributed by atoms with E-state index in [2.05, 4.69) is 0 Å². The molecule has 0 saturated carbocycles. The number of carboxylic acid groups (broad SMARTS) is 1. The summed E-state index contributed by atoms with van der Waals surface area (Å²) >= 11 is 0.466. The highest BCUT2D eigenvalue weighted by Gasteiger charge is 2.06. The van der Waals surface area contributed by atoms with Crippen LogP contribution >= 0.6 is 11.8 Å². The molecule has 82 valence electrons. The van der Waals surface area contributed by atoms with Crippen molar-refractivity contribution in [2.75, 3.05) is 0 Å². The summed E-state index contributed by atoms with van der Waals surface area (Å²) in [5.41, 5.74) is 0.767. The van der Waals surface area contributed by atoms with Crippen molar-refractivity contribution >= 4 is 17.7 Å². The van der Waals surface area contributed by atoms with Crippen molar-refractivity contribution in [2.45, 2.75) is 23.5 Å². The second-order valence-corrected chi connectivity index (χ2v) is 3.98. The summed E-state index contributed by atoms with van der Waals surface area (Å²) < 4.78 is 24.1. The van der Waals surface area contributed by atoms with Gasteiger partial charge in [-0.15, -0.1) is 0 Å². The molecule has 0 aliphatic heterocycles. The standard InChI is InChI=1S/C10H10F2O2S/c11-10(12)15-8-3-1-2-7(6-8)4-5-9(13)14/h1-3,6,10H,4-5H2,(H,13,14). The molecule has 1 N–H and O–H groups in total. The summed E-state index contributed by atoms with van der Waals surface area (Å²) in [7, 11) is 0. The van der Waals surface area contributed by atoms with Crippen LogP contribution in [-0.2, 0) is 11.2 Å². The minimum atomic E-state index is -2.44. The average molecular weight is 232 g/mol. The van der Waals surface area contributed by atoms with Gasteiger partial charge in [-0.25, -0.2) is 0 Å². The molecule has 0 atom stereocenters. The number of aryl methyl sites for hydroxylation is 1. The highest BCUT2D eigenvalue weighted by Crippen LogP contribution is 2.25. The molecule has 0 bridgehead atoms. The van der Waals surface area contributed by atoms with Gasteiger partial charge in [-0.1, -0.05) is 23.9 Å². The van der Waals surface area contributed by atoms with Gasteiger partial charge in [-0.05, 0) is 24.1 Å². The number of alkyl halides is 2. The second-order valence-electron chi connectivity index (χ2n) is 2.92. The minimum absolute atomic E-state index is 0.0167. The topological polar surface area (TPSA) is 37.3 Å². The van der Waals surface area contributed by atoms with Crippen LogP contribution in [0.25, 0.3) is 0 Å². The van der Waals surface area contributed by atoms with Gasteiger partial charge < -0.3 is 5.11 Å². The first-order valence-electron chi connectivity index (χ1n) is 4.33. The fraction of sp³-hybridized carbons (Fsp3) is 0.300. The molecule has 0 radical (unpaired) electrons. The van der Waals surface area contributed by atoms with Crippen molar-refractivity contribution in [3.05, 3.63) is 29.8 Å². The van der Waals surface area contributed by atoms with Gasteiger partial charge in [0, 0.05) is 11.3 Å². The maximum absolute atomic E-state index is 12.0. The third-order valence-electron chi connectivity index (χ3n) is 1.75. The van der Waals surface area contributed by atoms with Crippen LogP contribution in [0.5, 0.6) is 0 Å². The summed E-state index contributed by atoms with van der Waals surface area (Å²) in [6, 6.07) is 6.57. The number of carboxylic acids is 1. The van der Waals surface area contributed by atoms with Gasteiger partial charge in [0.1, 0.15) is 0 Å².